The number of halogens is 1. The second-order valence-corrected chi connectivity index (χ2v) is 3.94. The summed E-state index contributed by atoms with van der Waals surface area (Å²) in [5.74, 6) is 2.59. The third-order valence-electron chi connectivity index (χ3n) is 2.28. The van der Waals surface area contributed by atoms with Crippen LogP contribution in [0.1, 0.15) is 12.5 Å². The number of ether oxygens (including phenoxy) is 2. The Kier molecular flexibility index (Phi) is 4.42. The Balaban J connectivity index is 2.14. The van der Waals surface area contributed by atoms with Gasteiger partial charge in [-0.15, -0.1) is 11.6 Å². The standard InChI is InChI=1S/C14H14ClNO2/c1-2-17-12-4-3-5-13(7-12)18-14-6-11(8-15)9-16-10-14/h3-7,9-10H,2,8H2,1H3. The molecule has 0 unspecified atom stereocenters. The minimum atomic E-state index is 0.420. The maximum atomic E-state index is 5.75. The van der Waals surface area contributed by atoms with E-state index in [0.717, 1.165) is 17.1 Å². The Bertz CT molecular complexity index is 517. The highest BCUT2D eigenvalue weighted by Gasteiger charge is 2.01. The van der Waals surface area contributed by atoms with E-state index < -0.39 is 0 Å². The van der Waals surface area contributed by atoms with Crippen molar-refractivity contribution in [1.29, 1.82) is 0 Å². The molecule has 4 heteroatoms. The first kappa shape index (κ1) is 12.7. The first-order valence-electron chi connectivity index (χ1n) is 5.72. The van der Waals surface area contributed by atoms with Gasteiger partial charge in [0, 0.05) is 18.1 Å². The molecule has 0 spiro atoms. The molecule has 0 aliphatic carbocycles. The SMILES string of the molecule is CCOc1cccc(Oc2cncc(CCl)c2)c1. The molecular formula is C14H14ClNO2. The van der Waals surface area contributed by atoms with Crippen LogP contribution in [0.3, 0.4) is 0 Å². The Morgan fingerprint density at radius 1 is 1.11 bits per heavy atom. The predicted octanol–water partition coefficient (Wildman–Crippen LogP) is 4.01. The van der Waals surface area contributed by atoms with Gasteiger partial charge >= 0.3 is 0 Å². The van der Waals surface area contributed by atoms with Crippen LogP contribution in [0, 0.1) is 0 Å². The summed E-state index contributed by atoms with van der Waals surface area (Å²) >= 11 is 5.75. The summed E-state index contributed by atoms with van der Waals surface area (Å²) in [5, 5.41) is 0. The van der Waals surface area contributed by atoms with Gasteiger partial charge in [-0.05, 0) is 30.7 Å². The molecule has 0 saturated heterocycles. The van der Waals surface area contributed by atoms with E-state index in [2.05, 4.69) is 4.98 Å². The molecular weight excluding hydrogens is 250 g/mol. The second kappa shape index (κ2) is 6.26. The van der Waals surface area contributed by atoms with Crippen LogP contribution in [0.2, 0.25) is 0 Å². The molecule has 2 rings (SSSR count). The van der Waals surface area contributed by atoms with E-state index in [4.69, 9.17) is 21.1 Å². The van der Waals surface area contributed by atoms with Crippen molar-refractivity contribution in [3.63, 3.8) is 0 Å². The summed E-state index contributed by atoms with van der Waals surface area (Å²) in [7, 11) is 0. The lowest BCUT2D eigenvalue weighted by Crippen LogP contribution is -1.92. The third kappa shape index (κ3) is 3.37. The smallest absolute Gasteiger partial charge is 0.146 e. The molecule has 0 aliphatic heterocycles. The minimum Gasteiger partial charge on any atom is -0.494 e. The molecule has 2 aromatic rings. The van der Waals surface area contributed by atoms with Crippen molar-refractivity contribution in [2.75, 3.05) is 6.61 Å². The zero-order chi connectivity index (χ0) is 12.8. The van der Waals surface area contributed by atoms with Gasteiger partial charge in [0.2, 0.25) is 0 Å². The zero-order valence-electron chi connectivity index (χ0n) is 10.1. The van der Waals surface area contributed by atoms with E-state index in [1.54, 1.807) is 12.4 Å². The van der Waals surface area contributed by atoms with Crippen molar-refractivity contribution in [3.8, 4) is 17.2 Å². The molecule has 1 aromatic heterocycles. The fourth-order valence-corrected chi connectivity index (χ4v) is 1.67. The molecule has 0 aliphatic rings. The maximum absolute atomic E-state index is 5.75. The fourth-order valence-electron chi connectivity index (χ4n) is 1.52. The summed E-state index contributed by atoms with van der Waals surface area (Å²) in [4.78, 5) is 4.07. The molecule has 3 nitrogen and oxygen atoms in total. The number of hydrogen-bond donors (Lipinski definition) is 0. The van der Waals surface area contributed by atoms with Gasteiger partial charge in [0.05, 0.1) is 12.8 Å². The van der Waals surface area contributed by atoms with Crippen molar-refractivity contribution >= 4 is 11.6 Å². The van der Waals surface area contributed by atoms with Crippen molar-refractivity contribution in [2.24, 2.45) is 0 Å². The molecule has 0 saturated carbocycles. The average Bonchev–Trinajstić information content (AvgIpc) is 2.40. The molecule has 0 atom stereocenters. The number of rotatable bonds is 5. The van der Waals surface area contributed by atoms with Gasteiger partial charge < -0.3 is 9.47 Å². The van der Waals surface area contributed by atoms with E-state index in [-0.39, 0.29) is 0 Å². The summed E-state index contributed by atoms with van der Waals surface area (Å²) < 4.78 is 11.1. The lowest BCUT2D eigenvalue weighted by Gasteiger charge is -2.08. The van der Waals surface area contributed by atoms with Gasteiger partial charge in [0.1, 0.15) is 17.2 Å². The van der Waals surface area contributed by atoms with Crippen LogP contribution >= 0.6 is 11.6 Å². The number of hydrogen-bond acceptors (Lipinski definition) is 3. The fraction of sp³-hybridized carbons (Fsp3) is 0.214. The molecule has 0 bridgehead atoms. The average molecular weight is 264 g/mol. The number of benzene rings is 1. The second-order valence-electron chi connectivity index (χ2n) is 3.67. The summed E-state index contributed by atoms with van der Waals surface area (Å²) in [6.07, 6.45) is 3.37. The number of alkyl halides is 1. The molecule has 94 valence electrons. The Labute approximate surface area is 111 Å². The lowest BCUT2D eigenvalue weighted by molar-refractivity contribution is 0.338. The third-order valence-corrected chi connectivity index (χ3v) is 2.58. The monoisotopic (exact) mass is 263 g/mol. The topological polar surface area (TPSA) is 31.4 Å². The Hall–Kier alpha value is -1.74. The number of nitrogens with zero attached hydrogens (tertiary/aromatic N) is 1. The van der Waals surface area contributed by atoms with E-state index in [9.17, 15) is 0 Å². The normalized spacial score (nSPS) is 10.1. The molecule has 1 aromatic carbocycles. The van der Waals surface area contributed by atoms with Crippen LogP contribution in [0.15, 0.2) is 42.7 Å². The summed E-state index contributed by atoms with van der Waals surface area (Å²) in [6.45, 7) is 2.58. The minimum absolute atomic E-state index is 0.420. The van der Waals surface area contributed by atoms with Crippen molar-refractivity contribution in [1.82, 2.24) is 4.98 Å². The van der Waals surface area contributed by atoms with E-state index in [0.29, 0.717) is 18.2 Å². The van der Waals surface area contributed by atoms with Crippen molar-refractivity contribution in [2.45, 2.75) is 12.8 Å². The number of aromatic nitrogens is 1. The van der Waals surface area contributed by atoms with Gasteiger partial charge in [-0.3, -0.25) is 4.98 Å². The maximum Gasteiger partial charge on any atom is 0.146 e. The highest BCUT2D eigenvalue weighted by molar-refractivity contribution is 6.17. The van der Waals surface area contributed by atoms with Crippen LogP contribution in [-0.2, 0) is 5.88 Å². The van der Waals surface area contributed by atoms with Crippen LogP contribution in [0.5, 0.6) is 17.2 Å². The number of pyridine rings is 1. The summed E-state index contributed by atoms with van der Waals surface area (Å²) in [6, 6.07) is 9.36. The zero-order valence-corrected chi connectivity index (χ0v) is 10.9. The Morgan fingerprint density at radius 2 is 1.94 bits per heavy atom. The van der Waals surface area contributed by atoms with Gasteiger partial charge in [-0.1, -0.05) is 6.07 Å². The highest BCUT2D eigenvalue weighted by atomic mass is 35.5. The lowest BCUT2D eigenvalue weighted by atomic mass is 10.3. The highest BCUT2D eigenvalue weighted by Crippen LogP contribution is 2.25. The molecule has 0 radical (unpaired) electrons. The van der Waals surface area contributed by atoms with Crippen LogP contribution in [0.25, 0.3) is 0 Å². The van der Waals surface area contributed by atoms with E-state index >= 15 is 0 Å². The molecule has 1 heterocycles. The summed E-state index contributed by atoms with van der Waals surface area (Å²) in [5.41, 5.74) is 0.926. The van der Waals surface area contributed by atoms with E-state index in [1.165, 1.54) is 0 Å². The van der Waals surface area contributed by atoms with Gasteiger partial charge in [-0.2, -0.15) is 0 Å². The van der Waals surface area contributed by atoms with Crippen LogP contribution in [0.4, 0.5) is 0 Å². The molecule has 0 N–H and O–H groups in total. The van der Waals surface area contributed by atoms with Crippen molar-refractivity contribution in [3.05, 3.63) is 48.3 Å². The molecule has 0 amide bonds. The molecule has 18 heavy (non-hydrogen) atoms. The quantitative estimate of drug-likeness (QED) is 0.764. The first-order valence-corrected chi connectivity index (χ1v) is 6.26. The molecule has 0 fully saturated rings. The Morgan fingerprint density at radius 3 is 2.72 bits per heavy atom. The van der Waals surface area contributed by atoms with Crippen LogP contribution < -0.4 is 9.47 Å². The van der Waals surface area contributed by atoms with Crippen molar-refractivity contribution < 1.29 is 9.47 Å². The first-order chi connectivity index (χ1) is 8.81. The van der Waals surface area contributed by atoms with Gasteiger partial charge in [0.15, 0.2) is 0 Å². The van der Waals surface area contributed by atoms with E-state index in [1.807, 2.05) is 37.3 Å². The predicted molar refractivity (Wildman–Crippen MR) is 71.5 cm³/mol. The largest absolute Gasteiger partial charge is 0.494 e. The van der Waals surface area contributed by atoms with Gasteiger partial charge in [-0.25, -0.2) is 0 Å². The van der Waals surface area contributed by atoms with Crippen LogP contribution in [-0.4, -0.2) is 11.6 Å². The van der Waals surface area contributed by atoms with Gasteiger partial charge in [0.25, 0.3) is 0 Å².